The Morgan fingerprint density at radius 3 is 2.88 bits per heavy atom. The maximum absolute atomic E-state index is 10.5. The van der Waals surface area contributed by atoms with Gasteiger partial charge in [-0.15, -0.1) is 0 Å². The highest BCUT2D eigenvalue weighted by Crippen LogP contribution is 2.12. The highest BCUT2D eigenvalue weighted by Gasteiger charge is 2.09. The van der Waals surface area contributed by atoms with Gasteiger partial charge in [-0.3, -0.25) is 19.8 Å². The monoisotopic (exact) mass is 297 g/mol. The highest BCUT2D eigenvalue weighted by molar-refractivity contribution is 9.10. The molecular formula is C9H8BrN5O2. The van der Waals surface area contributed by atoms with E-state index in [4.69, 9.17) is 0 Å². The zero-order valence-corrected chi connectivity index (χ0v) is 10.5. The first-order valence-electron chi connectivity index (χ1n) is 4.71. The van der Waals surface area contributed by atoms with Crippen molar-refractivity contribution in [1.29, 1.82) is 0 Å². The molecule has 2 rings (SSSR count). The Hall–Kier alpha value is -1.83. The third kappa shape index (κ3) is 2.64. The molecule has 17 heavy (non-hydrogen) atoms. The molecule has 7 nitrogen and oxygen atoms in total. The predicted molar refractivity (Wildman–Crippen MR) is 62.5 cm³/mol. The number of rotatable bonds is 3. The molecule has 0 saturated carbocycles. The van der Waals surface area contributed by atoms with Gasteiger partial charge in [0.2, 0.25) is 0 Å². The van der Waals surface area contributed by atoms with Crippen molar-refractivity contribution < 1.29 is 4.92 Å². The van der Waals surface area contributed by atoms with Crippen LogP contribution in [0.15, 0.2) is 23.2 Å². The zero-order chi connectivity index (χ0) is 12.4. The lowest BCUT2D eigenvalue weighted by atomic mass is 10.4. The van der Waals surface area contributed by atoms with Crippen molar-refractivity contribution in [2.24, 2.45) is 0 Å². The summed E-state index contributed by atoms with van der Waals surface area (Å²) >= 11 is 3.25. The minimum absolute atomic E-state index is 0.0354. The minimum atomic E-state index is -0.484. The fourth-order valence-corrected chi connectivity index (χ4v) is 1.48. The summed E-state index contributed by atoms with van der Waals surface area (Å²) in [5, 5.41) is 14.4. The van der Waals surface area contributed by atoms with Gasteiger partial charge in [0.25, 0.3) is 0 Å². The molecule has 8 heteroatoms. The largest absolute Gasteiger partial charge is 0.307 e. The molecule has 0 aliphatic carbocycles. The number of hydrogen-bond donors (Lipinski definition) is 0. The summed E-state index contributed by atoms with van der Waals surface area (Å²) in [5.41, 5.74) is 1.43. The smallest absolute Gasteiger partial charge is 0.260 e. The minimum Gasteiger partial charge on any atom is -0.260 e. The predicted octanol–water partition coefficient (Wildman–Crippen LogP) is 1.70. The Kier molecular flexibility index (Phi) is 3.14. The van der Waals surface area contributed by atoms with Crippen molar-refractivity contribution in [2.75, 3.05) is 0 Å². The van der Waals surface area contributed by atoms with E-state index in [1.54, 1.807) is 6.20 Å². The van der Waals surface area contributed by atoms with Crippen molar-refractivity contribution in [3.8, 4) is 0 Å². The van der Waals surface area contributed by atoms with Crippen LogP contribution in [0.5, 0.6) is 0 Å². The molecule has 0 N–H and O–H groups in total. The van der Waals surface area contributed by atoms with Gasteiger partial charge in [0, 0.05) is 0 Å². The number of hydrogen-bond acceptors (Lipinski definition) is 5. The fraction of sp³-hybridized carbons (Fsp3) is 0.222. The van der Waals surface area contributed by atoms with Gasteiger partial charge in [0.1, 0.15) is 17.0 Å². The Balaban J connectivity index is 2.19. The molecule has 0 bridgehead atoms. The topological polar surface area (TPSA) is 86.7 Å². The molecule has 0 fully saturated rings. The molecule has 0 radical (unpaired) electrons. The SMILES string of the molecule is Cc1nc(Cn2cc([N+](=O)[O-])cn2)cnc1Br. The van der Waals surface area contributed by atoms with Crippen LogP contribution >= 0.6 is 15.9 Å². The van der Waals surface area contributed by atoms with Crippen LogP contribution in [0.25, 0.3) is 0 Å². The number of aromatic nitrogens is 4. The van der Waals surface area contributed by atoms with Crippen molar-refractivity contribution in [3.63, 3.8) is 0 Å². The lowest BCUT2D eigenvalue weighted by Crippen LogP contribution is -2.04. The molecule has 88 valence electrons. The van der Waals surface area contributed by atoms with Gasteiger partial charge in [0.15, 0.2) is 0 Å². The van der Waals surface area contributed by atoms with Crippen LogP contribution in [0, 0.1) is 17.0 Å². The van der Waals surface area contributed by atoms with Crippen molar-refractivity contribution in [1.82, 2.24) is 19.7 Å². The molecule has 0 saturated heterocycles. The molecule has 0 spiro atoms. The molecule has 0 aromatic carbocycles. The van der Waals surface area contributed by atoms with Gasteiger partial charge in [0.05, 0.1) is 29.1 Å². The van der Waals surface area contributed by atoms with Gasteiger partial charge in [-0.05, 0) is 22.9 Å². The van der Waals surface area contributed by atoms with Gasteiger partial charge in [-0.25, -0.2) is 4.98 Å². The average molecular weight is 298 g/mol. The van der Waals surface area contributed by atoms with Crippen molar-refractivity contribution >= 4 is 21.6 Å². The Labute approximate surface area is 105 Å². The lowest BCUT2D eigenvalue weighted by Gasteiger charge is -2.02. The fourth-order valence-electron chi connectivity index (χ4n) is 1.29. The van der Waals surface area contributed by atoms with Gasteiger partial charge in [-0.1, -0.05) is 0 Å². The Morgan fingerprint density at radius 2 is 2.29 bits per heavy atom. The average Bonchev–Trinajstić information content (AvgIpc) is 2.72. The van der Waals surface area contributed by atoms with Crippen LogP contribution in [0.1, 0.15) is 11.4 Å². The van der Waals surface area contributed by atoms with Crippen LogP contribution < -0.4 is 0 Å². The second-order valence-electron chi connectivity index (χ2n) is 3.39. The number of aryl methyl sites for hydroxylation is 1. The van der Waals surface area contributed by atoms with Crippen molar-refractivity contribution in [3.05, 3.63) is 44.7 Å². The number of halogens is 1. The molecular weight excluding hydrogens is 290 g/mol. The summed E-state index contributed by atoms with van der Waals surface area (Å²) in [6.45, 7) is 2.18. The normalized spacial score (nSPS) is 10.5. The molecule has 2 heterocycles. The Bertz CT molecular complexity index is 568. The van der Waals surface area contributed by atoms with Crippen LogP contribution in [0.3, 0.4) is 0 Å². The lowest BCUT2D eigenvalue weighted by molar-refractivity contribution is -0.385. The number of nitrogens with zero attached hydrogens (tertiary/aromatic N) is 5. The van der Waals surface area contributed by atoms with Crippen molar-refractivity contribution in [2.45, 2.75) is 13.5 Å². The maximum atomic E-state index is 10.5. The van der Waals surface area contributed by atoms with E-state index in [1.165, 1.54) is 17.1 Å². The summed E-state index contributed by atoms with van der Waals surface area (Å²) < 4.78 is 2.14. The summed E-state index contributed by atoms with van der Waals surface area (Å²) in [5.74, 6) is 0. The van der Waals surface area contributed by atoms with Crippen LogP contribution in [0.2, 0.25) is 0 Å². The van der Waals surface area contributed by atoms with E-state index in [1.807, 2.05) is 6.92 Å². The second-order valence-corrected chi connectivity index (χ2v) is 4.14. The van der Waals surface area contributed by atoms with Gasteiger partial charge in [-0.2, -0.15) is 5.10 Å². The van der Waals surface area contributed by atoms with E-state index in [0.717, 1.165) is 5.69 Å². The number of nitro groups is 1. The maximum Gasteiger partial charge on any atom is 0.307 e. The summed E-state index contributed by atoms with van der Waals surface area (Å²) in [4.78, 5) is 18.4. The van der Waals surface area contributed by atoms with Crippen LogP contribution in [0.4, 0.5) is 5.69 Å². The van der Waals surface area contributed by atoms with Crippen LogP contribution in [-0.4, -0.2) is 24.7 Å². The summed E-state index contributed by atoms with van der Waals surface area (Å²) in [6.07, 6.45) is 4.17. The molecule has 2 aromatic rings. The third-order valence-electron chi connectivity index (χ3n) is 2.09. The first-order valence-corrected chi connectivity index (χ1v) is 5.50. The molecule has 0 aliphatic rings. The van der Waals surface area contributed by atoms with E-state index < -0.39 is 4.92 Å². The third-order valence-corrected chi connectivity index (χ3v) is 2.87. The van der Waals surface area contributed by atoms with Crippen LogP contribution in [-0.2, 0) is 6.54 Å². The van der Waals surface area contributed by atoms with E-state index in [9.17, 15) is 10.1 Å². The molecule has 0 aliphatic heterocycles. The second kappa shape index (κ2) is 4.58. The standard InChI is InChI=1S/C9H8BrN5O2/c1-6-9(10)11-2-7(13-6)4-14-5-8(3-12-14)15(16)17/h2-3,5H,4H2,1H3. The van der Waals surface area contributed by atoms with Gasteiger partial charge < -0.3 is 0 Å². The summed E-state index contributed by atoms with van der Waals surface area (Å²) in [7, 11) is 0. The zero-order valence-electron chi connectivity index (χ0n) is 8.87. The molecule has 2 aromatic heterocycles. The first-order chi connectivity index (χ1) is 8.06. The van der Waals surface area contributed by atoms with E-state index >= 15 is 0 Å². The van der Waals surface area contributed by atoms with E-state index in [0.29, 0.717) is 16.8 Å². The summed E-state index contributed by atoms with van der Waals surface area (Å²) in [6, 6.07) is 0. The van der Waals surface area contributed by atoms with Gasteiger partial charge >= 0.3 is 5.69 Å². The van der Waals surface area contributed by atoms with E-state index in [2.05, 4.69) is 31.0 Å². The molecule has 0 atom stereocenters. The molecule has 0 unspecified atom stereocenters. The Morgan fingerprint density at radius 1 is 1.53 bits per heavy atom. The van der Waals surface area contributed by atoms with E-state index in [-0.39, 0.29) is 5.69 Å². The first kappa shape index (κ1) is 11.6. The quantitative estimate of drug-likeness (QED) is 0.636. The molecule has 0 amide bonds. The highest BCUT2D eigenvalue weighted by atomic mass is 79.9.